The first-order chi connectivity index (χ1) is 28.2. The van der Waals surface area contributed by atoms with Crippen LogP contribution in [0.5, 0.6) is 0 Å². The van der Waals surface area contributed by atoms with E-state index < -0.39 is 78.6 Å². The summed E-state index contributed by atoms with van der Waals surface area (Å²) in [7, 11) is 11.0. The van der Waals surface area contributed by atoms with E-state index in [-0.39, 0.29) is 23.3 Å². The van der Waals surface area contributed by atoms with Gasteiger partial charge in [-0.25, -0.2) is 0 Å². The van der Waals surface area contributed by atoms with E-state index >= 15 is 0 Å². The molecule has 6 aromatic rings. The standard InChI is InChI=1S/2C22H19F6.C2H6Si.2ClH.Zr/c2*1-12-7-13-5-6-18(20(2,3)4)19(17(13)8-12)14-9-15(21(23,24)25)11-16(10-14)22(26,27)28;1-3-2;;;/h2*5-11H,1-4H3;1-2H3;2*1H;/q2*-1;;;;+4/p-2. The van der Waals surface area contributed by atoms with Crippen LogP contribution in [0.15, 0.2) is 84.9 Å². The summed E-state index contributed by atoms with van der Waals surface area (Å²) in [5.74, 6) is 0. The number of alkyl halides is 12. The molecule has 0 aromatic heterocycles. The summed E-state index contributed by atoms with van der Waals surface area (Å²) in [5.41, 5.74) is -2.34. The van der Waals surface area contributed by atoms with Crippen LogP contribution in [-0.4, -0.2) is 9.52 Å². The van der Waals surface area contributed by atoms with Gasteiger partial charge in [0, 0.05) is 9.52 Å². The van der Waals surface area contributed by atoms with Crippen LogP contribution in [0.2, 0.25) is 13.1 Å². The molecule has 0 saturated carbocycles. The molecule has 0 spiro atoms. The predicted molar refractivity (Wildman–Crippen MR) is 226 cm³/mol. The Hall–Kier alpha value is -3.06. The van der Waals surface area contributed by atoms with Crippen LogP contribution < -0.4 is 0 Å². The van der Waals surface area contributed by atoms with Crippen molar-refractivity contribution in [2.45, 2.75) is 104 Å². The van der Waals surface area contributed by atoms with Crippen LogP contribution in [0.3, 0.4) is 0 Å². The topological polar surface area (TPSA) is 0 Å². The number of halogens is 14. The fourth-order valence-electron chi connectivity index (χ4n) is 6.93. The van der Waals surface area contributed by atoms with Crippen LogP contribution in [0, 0.1) is 13.8 Å². The van der Waals surface area contributed by atoms with Crippen molar-refractivity contribution in [3.63, 3.8) is 0 Å². The SMILES string of the molecule is C[Si]C.Cc1cc2c(-c3cc(C(F)(F)F)cc(C(F)(F)F)c3)c(C(C)(C)C)ccc2[cH-]1.Cc1cc2c(-c3cc(C(F)(F)F)cc(C(F)(F)F)c3)c(C(C)(C)C)ccc2[cH-]1.[Cl][Zr+2][Cl]. The number of hydrogen-bond donors (Lipinski definition) is 0. The van der Waals surface area contributed by atoms with Crippen molar-refractivity contribution in [1.29, 1.82) is 0 Å². The number of rotatable bonds is 2. The molecule has 0 fully saturated rings. The third-order valence-electron chi connectivity index (χ3n) is 9.44. The van der Waals surface area contributed by atoms with Gasteiger partial charge in [0.15, 0.2) is 0 Å². The molecule has 6 aromatic carbocycles. The first-order valence-electron chi connectivity index (χ1n) is 18.7. The van der Waals surface area contributed by atoms with Crippen molar-refractivity contribution in [1.82, 2.24) is 0 Å². The predicted octanol–water partition coefficient (Wildman–Crippen LogP) is 17.9. The van der Waals surface area contributed by atoms with Gasteiger partial charge in [0.2, 0.25) is 0 Å². The first-order valence-corrected chi connectivity index (χ1v) is 27.1. The summed E-state index contributed by atoms with van der Waals surface area (Å²) in [5, 5.41) is 2.87. The van der Waals surface area contributed by atoms with Gasteiger partial charge in [0.25, 0.3) is 0 Å². The number of benzene rings is 4. The summed E-state index contributed by atoms with van der Waals surface area (Å²) in [6, 6.07) is 18.2. The zero-order chi connectivity index (χ0) is 47.6. The third-order valence-corrected chi connectivity index (χ3v) is 9.44. The van der Waals surface area contributed by atoms with E-state index in [2.05, 4.69) is 13.1 Å². The van der Waals surface area contributed by atoms with Gasteiger partial charge in [-0.3, -0.25) is 0 Å². The van der Waals surface area contributed by atoms with E-state index in [1.165, 1.54) is 0 Å². The fourth-order valence-corrected chi connectivity index (χ4v) is 6.93. The molecular formula is C46H44Cl2F12SiZr. The Labute approximate surface area is 375 Å². The number of hydrogen-bond acceptors (Lipinski definition) is 0. The van der Waals surface area contributed by atoms with Gasteiger partial charge < -0.3 is 0 Å². The van der Waals surface area contributed by atoms with Crippen molar-refractivity contribution < 1.29 is 73.5 Å². The summed E-state index contributed by atoms with van der Waals surface area (Å²) < 4.78 is 160. The van der Waals surface area contributed by atoms with Crippen molar-refractivity contribution in [3.8, 4) is 22.3 Å². The molecule has 334 valence electrons. The third kappa shape index (κ3) is 13.5. The second kappa shape index (κ2) is 20.0. The molecule has 0 amide bonds. The zero-order valence-electron chi connectivity index (χ0n) is 35.4. The average molecular weight is 1020 g/mol. The zero-order valence-corrected chi connectivity index (χ0v) is 40.3. The Morgan fingerprint density at radius 1 is 0.452 bits per heavy atom. The molecule has 0 saturated heterocycles. The van der Waals surface area contributed by atoms with Crippen LogP contribution in [0.1, 0.15) is 86.1 Å². The molecule has 0 heterocycles. The molecule has 0 aliphatic carbocycles. The maximum atomic E-state index is 13.3. The summed E-state index contributed by atoms with van der Waals surface area (Å²) in [6.45, 7) is 19.3. The molecule has 0 N–H and O–H groups in total. The van der Waals surface area contributed by atoms with Crippen molar-refractivity contribution in [2.75, 3.05) is 0 Å². The van der Waals surface area contributed by atoms with E-state index in [1.807, 2.05) is 79.7 Å². The van der Waals surface area contributed by atoms with Crippen LogP contribution in [0.25, 0.3) is 43.8 Å². The Kier molecular flexibility index (Phi) is 17.2. The monoisotopic (exact) mass is 1010 g/mol. The maximum absolute atomic E-state index is 13.3. The van der Waals surface area contributed by atoms with Crippen LogP contribution >= 0.6 is 17.0 Å². The molecule has 0 unspecified atom stereocenters. The number of aryl methyl sites for hydroxylation is 2. The first kappa shape index (κ1) is 53.3. The molecule has 6 rings (SSSR count). The molecule has 0 bridgehead atoms. The molecular weight excluding hydrogens is 971 g/mol. The second-order valence-corrected chi connectivity index (χ2v) is 21.4. The minimum absolute atomic E-state index is 0.0803. The van der Waals surface area contributed by atoms with Gasteiger partial charge in [-0.2, -0.15) is 64.8 Å². The van der Waals surface area contributed by atoms with Crippen molar-refractivity contribution in [3.05, 3.63) is 129 Å². The Balaban J connectivity index is 0.000000293. The van der Waals surface area contributed by atoms with Crippen LogP contribution in [0.4, 0.5) is 52.7 Å². The minimum atomic E-state index is -4.88. The van der Waals surface area contributed by atoms with E-state index in [9.17, 15) is 52.7 Å². The van der Waals surface area contributed by atoms with Gasteiger partial charge in [-0.1, -0.05) is 90.7 Å². The molecule has 16 heteroatoms. The van der Waals surface area contributed by atoms with Crippen LogP contribution in [-0.2, 0) is 56.4 Å². The van der Waals surface area contributed by atoms with E-state index in [0.717, 1.165) is 55.7 Å². The number of fused-ring (bicyclic) bond motifs is 2. The van der Waals surface area contributed by atoms with Gasteiger partial charge in [0.1, 0.15) is 0 Å². The molecule has 0 aliphatic rings. The van der Waals surface area contributed by atoms with Gasteiger partial charge in [-0.15, -0.1) is 69.1 Å². The molecule has 0 nitrogen and oxygen atoms in total. The molecule has 0 atom stereocenters. The molecule has 2 radical (unpaired) electrons. The normalized spacial score (nSPS) is 12.5. The van der Waals surface area contributed by atoms with Crippen molar-refractivity contribution >= 4 is 48.1 Å². The molecule has 62 heavy (non-hydrogen) atoms. The van der Waals surface area contributed by atoms with Gasteiger partial charge >= 0.3 is 62.6 Å². The van der Waals surface area contributed by atoms with Gasteiger partial charge in [-0.05, 0) is 58.4 Å². The summed E-state index contributed by atoms with van der Waals surface area (Å²) in [6.07, 6.45) is -19.5. The van der Waals surface area contributed by atoms with Gasteiger partial charge in [0.05, 0.1) is 22.3 Å². The van der Waals surface area contributed by atoms with E-state index in [4.69, 9.17) is 17.0 Å². The Morgan fingerprint density at radius 3 is 0.903 bits per heavy atom. The summed E-state index contributed by atoms with van der Waals surface area (Å²) in [4.78, 5) is 0. The average Bonchev–Trinajstić information content (AvgIpc) is 3.69. The van der Waals surface area contributed by atoms with E-state index in [0.29, 0.717) is 33.0 Å². The second-order valence-electron chi connectivity index (χ2n) is 16.7. The molecule has 0 aliphatic heterocycles. The quantitative estimate of drug-likeness (QED) is 0.0921. The Bertz CT molecular complexity index is 2220. The Morgan fingerprint density at radius 2 is 0.694 bits per heavy atom. The fraction of sp³-hybridized carbons (Fsp3) is 0.348. The van der Waals surface area contributed by atoms with Crippen molar-refractivity contribution in [2.24, 2.45) is 0 Å². The van der Waals surface area contributed by atoms with E-state index in [1.54, 1.807) is 24.3 Å². The summed E-state index contributed by atoms with van der Waals surface area (Å²) >= 11 is -0.826.